The van der Waals surface area contributed by atoms with Crippen LogP contribution in [0.5, 0.6) is 5.75 Å². The Morgan fingerprint density at radius 2 is 2.11 bits per heavy atom. The molecule has 1 aliphatic carbocycles. The van der Waals surface area contributed by atoms with Gasteiger partial charge in [0.2, 0.25) is 0 Å². The van der Waals surface area contributed by atoms with Gasteiger partial charge in [0.05, 0.1) is 6.61 Å². The van der Waals surface area contributed by atoms with Crippen LogP contribution in [0.3, 0.4) is 0 Å². The molecule has 0 aliphatic heterocycles. The lowest BCUT2D eigenvalue weighted by molar-refractivity contribution is 0.292. The summed E-state index contributed by atoms with van der Waals surface area (Å²) in [5, 5.41) is 3.57. The van der Waals surface area contributed by atoms with Crippen LogP contribution in [-0.2, 0) is 6.54 Å². The van der Waals surface area contributed by atoms with Crippen molar-refractivity contribution in [3.05, 3.63) is 29.3 Å². The average molecular weight is 261 g/mol. The molecule has 2 rings (SSSR count). The van der Waals surface area contributed by atoms with Gasteiger partial charge in [0.15, 0.2) is 0 Å². The quantitative estimate of drug-likeness (QED) is 0.712. The summed E-state index contributed by atoms with van der Waals surface area (Å²) in [7, 11) is 0. The minimum atomic E-state index is 0.745. The lowest BCUT2D eigenvalue weighted by Crippen LogP contribution is -2.16. The molecule has 1 aliphatic rings. The summed E-state index contributed by atoms with van der Waals surface area (Å²) in [5.41, 5.74) is 2.55. The van der Waals surface area contributed by atoms with E-state index in [1.165, 1.54) is 30.4 Å². The fraction of sp³-hybridized carbons (Fsp3) is 0.647. The van der Waals surface area contributed by atoms with Gasteiger partial charge in [-0.3, -0.25) is 0 Å². The maximum atomic E-state index is 6.03. The van der Waals surface area contributed by atoms with Gasteiger partial charge in [0.25, 0.3) is 0 Å². The standard InChI is InChI=1S/C17H27NO/c1-13(2)6-5-11-19-17-14(3)7-4-8-15(17)12-18-16-9-10-16/h4,7-8,13,16,18H,5-6,9-12H2,1-3H3. The molecule has 1 N–H and O–H groups in total. The molecule has 0 bridgehead atoms. The second-order valence-electron chi connectivity index (χ2n) is 6.10. The fourth-order valence-electron chi connectivity index (χ4n) is 2.27. The molecule has 0 amide bonds. The summed E-state index contributed by atoms with van der Waals surface area (Å²) in [6, 6.07) is 7.19. The summed E-state index contributed by atoms with van der Waals surface area (Å²) < 4.78 is 6.03. The summed E-state index contributed by atoms with van der Waals surface area (Å²) in [6.45, 7) is 8.43. The molecule has 0 spiro atoms. The molecule has 1 fully saturated rings. The van der Waals surface area contributed by atoms with Gasteiger partial charge in [-0.15, -0.1) is 0 Å². The average Bonchev–Trinajstić information content (AvgIpc) is 3.17. The Hall–Kier alpha value is -1.02. The van der Waals surface area contributed by atoms with Crippen LogP contribution in [0, 0.1) is 12.8 Å². The number of benzene rings is 1. The Morgan fingerprint density at radius 1 is 1.32 bits per heavy atom. The predicted molar refractivity (Wildman–Crippen MR) is 80.6 cm³/mol. The van der Waals surface area contributed by atoms with Gasteiger partial charge < -0.3 is 10.1 Å². The highest BCUT2D eigenvalue weighted by atomic mass is 16.5. The zero-order valence-electron chi connectivity index (χ0n) is 12.5. The molecular formula is C17H27NO. The Balaban J connectivity index is 1.88. The van der Waals surface area contributed by atoms with E-state index in [4.69, 9.17) is 4.74 Å². The number of rotatable bonds is 8. The second kappa shape index (κ2) is 6.95. The first-order chi connectivity index (χ1) is 9.16. The molecule has 0 radical (unpaired) electrons. The highest BCUT2D eigenvalue weighted by Crippen LogP contribution is 2.26. The lowest BCUT2D eigenvalue weighted by Gasteiger charge is -2.15. The maximum Gasteiger partial charge on any atom is 0.126 e. The molecule has 0 unspecified atom stereocenters. The third kappa shape index (κ3) is 4.87. The Bertz CT molecular complexity index is 396. The van der Waals surface area contributed by atoms with Crippen molar-refractivity contribution in [3.63, 3.8) is 0 Å². The molecular weight excluding hydrogens is 234 g/mol. The summed E-state index contributed by atoms with van der Waals surface area (Å²) in [6.07, 6.45) is 5.04. The Labute approximate surface area is 117 Å². The van der Waals surface area contributed by atoms with Crippen molar-refractivity contribution in [1.82, 2.24) is 5.32 Å². The number of aryl methyl sites for hydroxylation is 1. The SMILES string of the molecule is Cc1cccc(CNC2CC2)c1OCCCC(C)C. The minimum absolute atomic E-state index is 0.745. The van der Waals surface area contributed by atoms with Gasteiger partial charge in [-0.2, -0.15) is 0 Å². The van der Waals surface area contributed by atoms with Crippen LogP contribution in [0.1, 0.15) is 50.7 Å². The lowest BCUT2D eigenvalue weighted by atomic mass is 10.1. The molecule has 0 aromatic heterocycles. The molecule has 1 aromatic carbocycles. The van der Waals surface area contributed by atoms with E-state index in [0.717, 1.165) is 37.3 Å². The van der Waals surface area contributed by atoms with Crippen molar-refractivity contribution in [2.24, 2.45) is 5.92 Å². The monoisotopic (exact) mass is 261 g/mol. The van der Waals surface area contributed by atoms with Crippen molar-refractivity contribution in [2.45, 2.75) is 59.0 Å². The molecule has 1 aromatic rings. The third-order valence-electron chi connectivity index (χ3n) is 3.62. The predicted octanol–water partition coefficient (Wildman–Crippen LogP) is 4.06. The van der Waals surface area contributed by atoms with E-state index in [1.54, 1.807) is 0 Å². The van der Waals surface area contributed by atoms with Crippen LogP contribution in [0.15, 0.2) is 18.2 Å². The first-order valence-corrected chi connectivity index (χ1v) is 7.61. The van der Waals surface area contributed by atoms with Crippen molar-refractivity contribution < 1.29 is 4.74 Å². The molecule has 0 heterocycles. The van der Waals surface area contributed by atoms with Crippen LogP contribution in [0.25, 0.3) is 0 Å². The topological polar surface area (TPSA) is 21.3 Å². The van der Waals surface area contributed by atoms with Gasteiger partial charge in [-0.25, -0.2) is 0 Å². The van der Waals surface area contributed by atoms with E-state index in [0.29, 0.717) is 0 Å². The fourth-order valence-corrected chi connectivity index (χ4v) is 2.27. The molecule has 1 saturated carbocycles. The molecule has 19 heavy (non-hydrogen) atoms. The van der Waals surface area contributed by atoms with Crippen molar-refractivity contribution in [2.75, 3.05) is 6.61 Å². The third-order valence-corrected chi connectivity index (χ3v) is 3.62. The summed E-state index contributed by atoms with van der Waals surface area (Å²) >= 11 is 0. The highest BCUT2D eigenvalue weighted by Gasteiger charge is 2.20. The van der Waals surface area contributed by atoms with Crippen LogP contribution >= 0.6 is 0 Å². The number of nitrogens with one attached hydrogen (secondary N) is 1. The first-order valence-electron chi connectivity index (χ1n) is 7.61. The van der Waals surface area contributed by atoms with Crippen LogP contribution in [0.2, 0.25) is 0 Å². The second-order valence-corrected chi connectivity index (χ2v) is 6.10. The molecule has 0 saturated heterocycles. The number of hydrogen-bond acceptors (Lipinski definition) is 2. The zero-order chi connectivity index (χ0) is 13.7. The van der Waals surface area contributed by atoms with E-state index in [9.17, 15) is 0 Å². The van der Waals surface area contributed by atoms with Gasteiger partial charge in [0, 0.05) is 18.2 Å². The molecule has 2 heteroatoms. The number of hydrogen-bond donors (Lipinski definition) is 1. The van der Waals surface area contributed by atoms with E-state index < -0.39 is 0 Å². The minimum Gasteiger partial charge on any atom is -0.493 e. The van der Waals surface area contributed by atoms with Crippen LogP contribution < -0.4 is 10.1 Å². The summed E-state index contributed by atoms with van der Waals surface area (Å²) in [5.74, 6) is 1.86. The first kappa shape index (κ1) is 14.4. The van der Waals surface area contributed by atoms with Crippen molar-refractivity contribution in [3.8, 4) is 5.75 Å². The van der Waals surface area contributed by atoms with Crippen LogP contribution in [-0.4, -0.2) is 12.6 Å². The van der Waals surface area contributed by atoms with Gasteiger partial charge >= 0.3 is 0 Å². The smallest absolute Gasteiger partial charge is 0.126 e. The van der Waals surface area contributed by atoms with Gasteiger partial charge in [-0.05, 0) is 44.1 Å². The van der Waals surface area contributed by atoms with E-state index in [1.807, 2.05) is 0 Å². The van der Waals surface area contributed by atoms with Gasteiger partial charge in [-0.1, -0.05) is 32.0 Å². The number of para-hydroxylation sites is 1. The summed E-state index contributed by atoms with van der Waals surface area (Å²) in [4.78, 5) is 0. The highest BCUT2D eigenvalue weighted by molar-refractivity contribution is 5.40. The Kier molecular flexibility index (Phi) is 5.26. The Morgan fingerprint density at radius 3 is 2.79 bits per heavy atom. The molecule has 0 atom stereocenters. The zero-order valence-corrected chi connectivity index (χ0v) is 12.5. The van der Waals surface area contributed by atoms with E-state index in [2.05, 4.69) is 44.3 Å². The molecule has 2 nitrogen and oxygen atoms in total. The molecule has 106 valence electrons. The van der Waals surface area contributed by atoms with Gasteiger partial charge in [0.1, 0.15) is 5.75 Å². The van der Waals surface area contributed by atoms with E-state index >= 15 is 0 Å². The van der Waals surface area contributed by atoms with Crippen molar-refractivity contribution in [1.29, 1.82) is 0 Å². The van der Waals surface area contributed by atoms with Crippen LogP contribution in [0.4, 0.5) is 0 Å². The normalized spacial score (nSPS) is 14.9. The van der Waals surface area contributed by atoms with Crippen molar-refractivity contribution >= 4 is 0 Å². The van der Waals surface area contributed by atoms with E-state index in [-0.39, 0.29) is 0 Å². The largest absolute Gasteiger partial charge is 0.493 e. The number of ether oxygens (including phenoxy) is 1. The maximum absolute atomic E-state index is 6.03.